The fourth-order valence-corrected chi connectivity index (χ4v) is 2.09. The number of halogens is 3. The average molecular weight is 288 g/mol. The third-order valence-electron chi connectivity index (χ3n) is 2.85. The van der Waals surface area contributed by atoms with Gasteiger partial charge in [0, 0.05) is 13.1 Å². The van der Waals surface area contributed by atoms with Gasteiger partial charge in [0.05, 0.1) is 0 Å². The maximum absolute atomic E-state index is 12.7. The van der Waals surface area contributed by atoms with Crippen LogP contribution in [0.2, 0.25) is 0 Å². The Morgan fingerprint density at radius 1 is 1.32 bits per heavy atom. The summed E-state index contributed by atoms with van der Waals surface area (Å²) in [6, 6.07) is 8.99. The smallest absolute Gasteiger partial charge is 0.343 e. The van der Waals surface area contributed by atoms with Crippen molar-refractivity contribution in [3.63, 3.8) is 0 Å². The van der Waals surface area contributed by atoms with E-state index in [9.17, 15) is 18.0 Å². The van der Waals surface area contributed by atoms with Crippen molar-refractivity contribution < 1.29 is 18.0 Å². The molecule has 1 saturated heterocycles. The van der Waals surface area contributed by atoms with Crippen LogP contribution in [-0.2, 0) is 11.3 Å². The van der Waals surface area contributed by atoms with Crippen molar-refractivity contribution in [2.75, 3.05) is 6.54 Å². The van der Waals surface area contributed by atoms with Crippen LogP contribution in [0.4, 0.5) is 13.2 Å². The molecule has 102 valence electrons. The molecule has 19 heavy (non-hydrogen) atoms. The minimum atomic E-state index is -4.56. The van der Waals surface area contributed by atoms with Crippen LogP contribution < -0.4 is 5.32 Å². The number of hydrogen-bond donors (Lipinski definition) is 1. The second-order valence-electron chi connectivity index (χ2n) is 4.25. The van der Waals surface area contributed by atoms with Crippen molar-refractivity contribution in [3.8, 4) is 0 Å². The van der Waals surface area contributed by atoms with Gasteiger partial charge >= 0.3 is 6.18 Å². The summed E-state index contributed by atoms with van der Waals surface area (Å²) in [6.45, 7) is -0.199. The molecule has 1 N–H and O–H groups in total. The van der Waals surface area contributed by atoms with E-state index < -0.39 is 24.5 Å². The molecule has 0 saturated carbocycles. The van der Waals surface area contributed by atoms with Gasteiger partial charge in [0.25, 0.3) is 0 Å². The molecule has 2 rings (SSSR count). The highest BCUT2D eigenvalue weighted by atomic mass is 32.1. The molecule has 1 aromatic carbocycles. The van der Waals surface area contributed by atoms with Gasteiger partial charge in [0.15, 0.2) is 11.0 Å². The molecule has 1 aliphatic rings. The van der Waals surface area contributed by atoms with Gasteiger partial charge in [-0.15, -0.1) is 0 Å². The molecule has 0 radical (unpaired) electrons. The van der Waals surface area contributed by atoms with Gasteiger partial charge < -0.3 is 10.2 Å². The molecule has 0 aliphatic carbocycles. The van der Waals surface area contributed by atoms with E-state index in [0.717, 1.165) is 5.56 Å². The summed E-state index contributed by atoms with van der Waals surface area (Å²) >= 11 is 4.91. The van der Waals surface area contributed by atoms with Crippen LogP contribution in [0.3, 0.4) is 0 Å². The molecule has 1 amide bonds. The van der Waals surface area contributed by atoms with E-state index in [2.05, 4.69) is 5.32 Å². The molecule has 0 aromatic heterocycles. The van der Waals surface area contributed by atoms with Gasteiger partial charge in [-0.05, 0) is 17.8 Å². The lowest BCUT2D eigenvalue weighted by atomic mass is 10.1. The first-order valence-electron chi connectivity index (χ1n) is 5.58. The van der Waals surface area contributed by atoms with Crippen molar-refractivity contribution in [2.24, 2.45) is 5.92 Å². The predicted molar refractivity (Wildman–Crippen MR) is 67.1 cm³/mol. The summed E-state index contributed by atoms with van der Waals surface area (Å²) in [7, 11) is 0. The topological polar surface area (TPSA) is 32.3 Å². The quantitative estimate of drug-likeness (QED) is 0.846. The first-order chi connectivity index (χ1) is 8.88. The highest BCUT2D eigenvalue weighted by Crippen LogP contribution is 2.29. The molecule has 1 fully saturated rings. The molecule has 1 aliphatic heterocycles. The van der Waals surface area contributed by atoms with E-state index >= 15 is 0 Å². The average Bonchev–Trinajstić information content (AvgIpc) is 2.32. The third kappa shape index (κ3) is 3.23. The van der Waals surface area contributed by atoms with Crippen molar-refractivity contribution in [1.82, 2.24) is 10.2 Å². The first-order valence-corrected chi connectivity index (χ1v) is 5.99. The SMILES string of the molecule is O=C1NC(=S)N(Cc2ccccc2)CC1C(F)(F)F. The Kier molecular flexibility index (Phi) is 3.75. The van der Waals surface area contributed by atoms with Crippen LogP contribution in [0.25, 0.3) is 0 Å². The van der Waals surface area contributed by atoms with E-state index in [1.54, 1.807) is 24.3 Å². The summed E-state index contributed by atoms with van der Waals surface area (Å²) in [5, 5.41) is 2.14. The summed E-state index contributed by atoms with van der Waals surface area (Å²) in [5.41, 5.74) is 0.835. The molecular weight excluding hydrogens is 277 g/mol. The van der Waals surface area contributed by atoms with Crippen LogP contribution in [-0.4, -0.2) is 28.6 Å². The van der Waals surface area contributed by atoms with Crippen LogP contribution in [0.1, 0.15) is 5.56 Å². The number of rotatable bonds is 2. The minimum Gasteiger partial charge on any atom is -0.343 e. The van der Waals surface area contributed by atoms with Gasteiger partial charge in [-0.3, -0.25) is 4.79 Å². The normalized spacial score (nSPS) is 20.4. The minimum absolute atomic E-state index is 0.0364. The lowest BCUT2D eigenvalue weighted by Gasteiger charge is -2.35. The lowest BCUT2D eigenvalue weighted by Crippen LogP contribution is -2.57. The number of carbonyl (C=O) groups is 1. The molecular formula is C12H11F3N2OS. The number of benzene rings is 1. The van der Waals surface area contributed by atoms with Crippen LogP contribution in [0.5, 0.6) is 0 Å². The number of nitrogens with one attached hydrogen (secondary N) is 1. The standard InChI is InChI=1S/C12H11F3N2OS/c13-12(14,15)9-7-17(11(19)16-10(9)18)6-8-4-2-1-3-5-8/h1-5,9H,6-7H2,(H,16,18,19). The van der Waals surface area contributed by atoms with Crippen LogP contribution in [0.15, 0.2) is 30.3 Å². The lowest BCUT2D eigenvalue weighted by molar-refractivity contribution is -0.186. The molecule has 0 bridgehead atoms. The molecule has 1 atom stereocenters. The molecule has 3 nitrogen and oxygen atoms in total. The van der Waals surface area contributed by atoms with Crippen LogP contribution >= 0.6 is 12.2 Å². The number of amides is 1. The number of carbonyl (C=O) groups excluding carboxylic acids is 1. The summed E-state index contributed by atoms with van der Waals surface area (Å²) in [6.07, 6.45) is -4.56. The largest absolute Gasteiger partial charge is 0.402 e. The molecule has 0 spiro atoms. The molecule has 7 heteroatoms. The Morgan fingerprint density at radius 2 is 1.95 bits per heavy atom. The van der Waals surface area contributed by atoms with Crippen molar-refractivity contribution >= 4 is 23.2 Å². The van der Waals surface area contributed by atoms with Gasteiger partial charge in [0.1, 0.15) is 0 Å². The fraction of sp³-hybridized carbons (Fsp3) is 0.333. The highest BCUT2D eigenvalue weighted by molar-refractivity contribution is 7.80. The summed E-state index contributed by atoms with van der Waals surface area (Å²) in [5.74, 6) is -3.12. The van der Waals surface area contributed by atoms with Gasteiger partial charge in [-0.25, -0.2) is 0 Å². The fourth-order valence-electron chi connectivity index (χ4n) is 1.85. The van der Waals surface area contributed by atoms with Crippen molar-refractivity contribution in [2.45, 2.75) is 12.7 Å². The number of alkyl halides is 3. The zero-order valence-corrected chi connectivity index (χ0v) is 10.6. The number of thiocarbonyl (C=S) groups is 1. The van der Waals surface area contributed by atoms with Crippen LogP contribution in [0, 0.1) is 5.92 Å². The van der Waals surface area contributed by atoms with Crippen molar-refractivity contribution in [1.29, 1.82) is 0 Å². The number of hydrogen-bond acceptors (Lipinski definition) is 2. The van der Waals surface area contributed by atoms with E-state index in [1.807, 2.05) is 6.07 Å². The first kappa shape index (κ1) is 13.8. The zero-order valence-electron chi connectivity index (χ0n) is 9.78. The second kappa shape index (κ2) is 5.16. The Balaban J connectivity index is 2.13. The third-order valence-corrected chi connectivity index (χ3v) is 3.21. The predicted octanol–water partition coefficient (Wildman–Crippen LogP) is 2.08. The maximum atomic E-state index is 12.7. The Labute approximate surface area is 113 Å². The number of nitrogens with zero attached hydrogens (tertiary/aromatic N) is 1. The highest BCUT2D eigenvalue weighted by Gasteiger charge is 2.48. The Hall–Kier alpha value is -1.63. The van der Waals surface area contributed by atoms with E-state index in [0.29, 0.717) is 0 Å². The Bertz CT molecular complexity index is 489. The zero-order chi connectivity index (χ0) is 14.0. The Morgan fingerprint density at radius 3 is 2.53 bits per heavy atom. The summed E-state index contributed by atoms with van der Waals surface area (Å²) in [4.78, 5) is 12.7. The summed E-state index contributed by atoms with van der Waals surface area (Å²) < 4.78 is 38.1. The van der Waals surface area contributed by atoms with E-state index in [4.69, 9.17) is 12.2 Å². The monoisotopic (exact) mass is 288 g/mol. The molecule has 1 heterocycles. The van der Waals surface area contributed by atoms with E-state index in [1.165, 1.54) is 4.90 Å². The van der Waals surface area contributed by atoms with E-state index in [-0.39, 0.29) is 11.7 Å². The molecule has 1 unspecified atom stereocenters. The van der Waals surface area contributed by atoms with Gasteiger partial charge in [0.2, 0.25) is 5.91 Å². The van der Waals surface area contributed by atoms with Gasteiger partial charge in [-0.2, -0.15) is 13.2 Å². The molecule has 1 aromatic rings. The van der Waals surface area contributed by atoms with Crippen molar-refractivity contribution in [3.05, 3.63) is 35.9 Å². The second-order valence-corrected chi connectivity index (χ2v) is 4.64. The van der Waals surface area contributed by atoms with Gasteiger partial charge in [-0.1, -0.05) is 30.3 Å². The maximum Gasteiger partial charge on any atom is 0.402 e.